The molecule has 0 aliphatic heterocycles. The van der Waals surface area contributed by atoms with Gasteiger partial charge in [-0.3, -0.25) is 0 Å². The fraction of sp³-hybridized carbons (Fsp3) is 0.250. The third-order valence-electron chi connectivity index (χ3n) is 6.50. The molecule has 0 N–H and O–H groups in total. The molecule has 0 saturated carbocycles. The van der Waals surface area contributed by atoms with Crippen molar-refractivity contribution in [3.05, 3.63) is 115 Å². The fourth-order valence-electron chi connectivity index (χ4n) is 4.64. The summed E-state index contributed by atoms with van der Waals surface area (Å²) in [7, 11) is 0. The summed E-state index contributed by atoms with van der Waals surface area (Å²) in [5.74, 6) is 0.424. The van der Waals surface area contributed by atoms with Gasteiger partial charge in [0.05, 0.1) is 11.4 Å². The molecule has 0 radical (unpaired) electrons. The molecule has 1 atom stereocenters. The highest BCUT2D eigenvalue weighted by molar-refractivity contribution is 5.73. The molecule has 0 spiro atoms. The van der Waals surface area contributed by atoms with E-state index in [1.807, 2.05) is 0 Å². The zero-order chi connectivity index (χ0) is 22.9. The van der Waals surface area contributed by atoms with E-state index in [9.17, 15) is 0 Å². The fourth-order valence-corrected chi connectivity index (χ4v) is 4.64. The lowest BCUT2D eigenvalue weighted by Crippen LogP contribution is -2.01. The van der Waals surface area contributed by atoms with Gasteiger partial charge in [-0.2, -0.15) is 0 Å². The van der Waals surface area contributed by atoms with Crippen LogP contribution in [0.2, 0.25) is 0 Å². The van der Waals surface area contributed by atoms with Gasteiger partial charge in [-0.25, -0.2) is 0 Å². The summed E-state index contributed by atoms with van der Waals surface area (Å²) in [4.78, 5) is 0. The van der Waals surface area contributed by atoms with Crippen LogP contribution in [0.5, 0.6) is 0 Å². The van der Waals surface area contributed by atoms with E-state index in [-0.39, 0.29) is 0 Å². The number of nitrogens with zero attached hydrogens (tertiary/aromatic N) is 1. The molecule has 1 nitrogen and oxygen atoms in total. The van der Waals surface area contributed by atoms with Crippen LogP contribution in [0.1, 0.15) is 56.9 Å². The lowest BCUT2D eigenvalue weighted by atomic mass is 9.93. The second kappa shape index (κ2) is 11.5. The quantitative estimate of drug-likeness (QED) is 0.164. The van der Waals surface area contributed by atoms with E-state index in [1.165, 1.54) is 72.3 Å². The van der Waals surface area contributed by atoms with E-state index < -0.39 is 0 Å². The molecule has 0 aliphatic rings. The molecule has 1 unspecified atom stereocenters. The summed E-state index contributed by atoms with van der Waals surface area (Å²) in [5, 5.41) is 0. The Morgan fingerprint density at radius 3 is 1.73 bits per heavy atom. The number of aromatic nitrogens is 1. The van der Waals surface area contributed by atoms with E-state index in [0.717, 1.165) is 0 Å². The summed E-state index contributed by atoms with van der Waals surface area (Å²) in [6.45, 7) is 6.40. The Kier molecular flexibility index (Phi) is 7.98. The molecular formula is C32H35N. The predicted molar refractivity (Wildman–Crippen MR) is 143 cm³/mol. The molecule has 0 aliphatic carbocycles. The van der Waals surface area contributed by atoms with Crippen LogP contribution in [-0.2, 0) is 0 Å². The van der Waals surface area contributed by atoms with Gasteiger partial charge in [0.1, 0.15) is 0 Å². The molecule has 3 aromatic carbocycles. The van der Waals surface area contributed by atoms with Gasteiger partial charge < -0.3 is 4.57 Å². The first-order valence-corrected chi connectivity index (χ1v) is 12.4. The van der Waals surface area contributed by atoms with Crippen molar-refractivity contribution < 1.29 is 0 Å². The van der Waals surface area contributed by atoms with Gasteiger partial charge in [-0.15, -0.1) is 6.58 Å². The molecule has 1 heterocycles. The highest BCUT2D eigenvalue weighted by Gasteiger charge is 2.14. The molecule has 0 bridgehead atoms. The van der Waals surface area contributed by atoms with Gasteiger partial charge in [0.15, 0.2) is 0 Å². The third-order valence-corrected chi connectivity index (χ3v) is 6.50. The Morgan fingerprint density at radius 1 is 0.667 bits per heavy atom. The van der Waals surface area contributed by atoms with Crippen molar-refractivity contribution >= 4 is 0 Å². The predicted octanol–water partition coefficient (Wildman–Crippen LogP) is 9.44. The summed E-state index contributed by atoms with van der Waals surface area (Å²) < 4.78 is 2.38. The number of unbranched alkanes of at least 4 members (excludes halogenated alkanes) is 4. The first-order chi connectivity index (χ1) is 16.3. The number of allylic oxidation sites excluding steroid dienone is 1. The molecule has 0 amide bonds. The third kappa shape index (κ3) is 5.54. The van der Waals surface area contributed by atoms with Crippen molar-refractivity contribution in [2.24, 2.45) is 0 Å². The van der Waals surface area contributed by atoms with Crippen molar-refractivity contribution in [1.82, 2.24) is 4.57 Å². The zero-order valence-electron chi connectivity index (χ0n) is 19.8. The number of rotatable bonds is 11. The number of hydrogen-bond acceptors (Lipinski definition) is 0. The number of benzene rings is 3. The van der Waals surface area contributed by atoms with E-state index in [1.54, 1.807) is 0 Å². The summed E-state index contributed by atoms with van der Waals surface area (Å²) in [5.41, 5.74) is 7.41. The Bertz CT molecular complexity index is 1060. The van der Waals surface area contributed by atoms with Crippen LogP contribution in [0, 0.1) is 0 Å². The van der Waals surface area contributed by atoms with Crippen molar-refractivity contribution in [1.29, 1.82) is 0 Å². The second-order valence-electron chi connectivity index (χ2n) is 8.81. The number of hydrogen-bond donors (Lipinski definition) is 0. The molecule has 33 heavy (non-hydrogen) atoms. The van der Waals surface area contributed by atoms with Gasteiger partial charge >= 0.3 is 0 Å². The normalized spacial score (nSPS) is 11.9. The van der Waals surface area contributed by atoms with E-state index >= 15 is 0 Å². The van der Waals surface area contributed by atoms with E-state index in [2.05, 4.69) is 121 Å². The van der Waals surface area contributed by atoms with Crippen molar-refractivity contribution in [3.8, 4) is 28.2 Å². The standard InChI is InChI=1S/C32H35N/c1-3-5-6-7-10-15-26(4-2)27-20-22-30(23-21-27)33-31(28-16-11-8-12-17-28)24-25-32(33)29-18-13-9-14-19-29/h4,8-9,11-14,16-26H,2-3,5-7,10,15H2,1H3. The van der Waals surface area contributed by atoms with Crippen LogP contribution < -0.4 is 0 Å². The monoisotopic (exact) mass is 433 g/mol. The Labute approximate surface area is 199 Å². The highest BCUT2D eigenvalue weighted by Crippen LogP contribution is 2.33. The average Bonchev–Trinajstić information content (AvgIpc) is 3.33. The lowest BCUT2D eigenvalue weighted by Gasteiger charge is -2.17. The van der Waals surface area contributed by atoms with Crippen LogP contribution in [0.3, 0.4) is 0 Å². The van der Waals surface area contributed by atoms with Crippen molar-refractivity contribution in [3.63, 3.8) is 0 Å². The Balaban J connectivity index is 1.64. The van der Waals surface area contributed by atoms with Gasteiger partial charge in [0.25, 0.3) is 0 Å². The Hall–Kier alpha value is -3.32. The van der Waals surface area contributed by atoms with Crippen LogP contribution in [0.25, 0.3) is 28.2 Å². The van der Waals surface area contributed by atoms with Crippen molar-refractivity contribution in [2.45, 2.75) is 51.4 Å². The van der Waals surface area contributed by atoms with Crippen LogP contribution in [-0.4, -0.2) is 4.57 Å². The minimum absolute atomic E-state index is 0.424. The average molecular weight is 434 g/mol. The highest BCUT2D eigenvalue weighted by atomic mass is 15.0. The first kappa shape index (κ1) is 22.9. The maximum absolute atomic E-state index is 4.13. The van der Waals surface area contributed by atoms with Crippen LogP contribution in [0.15, 0.2) is 110 Å². The maximum atomic E-state index is 4.13. The minimum atomic E-state index is 0.424. The van der Waals surface area contributed by atoms with Gasteiger partial charge in [0, 0.05) is 11.6 Å². The molecular weight excluding hydrogens is 398 g/mol. The van der Waals surface area contributed by atoms with Gasteiger partial charge in [-0.05, 0) is 47.4 Å². The van der Waals surface area contributed by atoms with Gasteiger partial charge in [0.2, 0.25) is 0 Å². The first-order valence-electron chi connectivity index (χ1n) is 12.4. The lowest BCUT2D eigenvalue weighted by molar-refractivity contribution is 0.586. The Morgan fingerprint density at radius 2 is 1.21 bits per heavy atom. The molecule has 0 saturated heterocycles. The molecule has 168 valence electrons. The summed E-state index contributed by atoms with van der Waals surface area (Å²) >= 11 is 0. The van der Waals surface area contributed by atoms with E-state index in [4.69, 9.17) is 0 Å². The van der Waals surface area contributed by atoms with Crippen LogP contribution in [0.4, 0.5) is 0 Å². The SMILES string of the molecule is C=CC(CCCCCCC)c1ccc(-n2c(-c3ccccc3)ccc2-c2ccccc2)cc1. The van der Waals surface area contributed by atoms with E-state index in [0.29, 0.717) is 5.92 Å². The second-order valence-corrected chi connectivity index (χ2v) is 8.81. The molecule has 1 heteroatoms. The summed E-state index contributed by atoms with van der Waals surface area (Å²) in [6.07, 6.45) is 9.87. The smallest absolute Gasteiger partial charge is 0.0535 e. The topological polar surface area (TPSA) is 4.93 Å². The van der Waals surface area contributed by atoms with Crippen LogP contribution >= 0.6 is 0 Å². The van der Waals surface area contributed by atoms with Crippen molar-refractivity contribution in [2.75, 3.05) is 0 Å². The molecule has 4 aromatic rings. The molecule has 1 aromatic heterocycles. The summed E-state index contributed by atoms with van der Waals surface area (Å²) in [6, 6.07) is 34.9. The zero-order valence-corrected chi connectivity index (χ0v) is 19.8. The molecule has 4 rings (SSSR count). The molecule has 0 fully saturated rings. The minimum Gasteiger partial charge on any atom is -0.309 e. The largest absolute Gasteiger partial charge is 0.309 e. The maximum Gasteiger partial charge on any atom is 0.0535 e. The van der Waals surface area contributed by atoms with Gasteiger partial charge in [-0.1, -0.05) is 118 Å².